The SMILES string of the molecule is CC1=[C]([Zr+2](=[C](c2ccccc2)c2ccccc2)[CH]2c3cc(C(C)(C)C)ccc3-c3ccc(C(C)(C)C)cc32)C(C)C=C1CC12CC3CC(CC(C3)C1)C2.[Cl-].[Cl-]. The van der Waals surface area contributed by atoms with E-state index in [-0.39, 0.29) is 35.6 Å². The zero-order valence-corrected chi connectivity index (χ0v) is 38.4. The zero-order valence-electron chi connectivity index (χ0n) is 34.4. The van der Waals surface area contributed by atoms with Crippen LogP contribution in [-0.4, -0.2) is 3.21 Å². The minimum Gasteiger partial charge on any atom is -1.00 e. The molecule has 286 valence electrons. The van der Waals surface area contributed by atoms with Gasteiger partial charge in [-0.2, -0.15) is 0 Å². The van der Waals surface area contributed by atoms with Crippen molar-refractivity contribution in [3.8, 4) is 11.1 Å². The Morgan fingerprint density at radius 2 is 1.07 bits per heavy atom. The Morgan fingerprint density at radius 3 is 1.49 bits per heavy atom. The summed E-state index contributed by atoms with van der Waals surface area (Å²) in [6.07, 6.45) is 13.1. The van der Waals surface area contributed by atoms with Crippen LogP contribution in [0, 0.1) is 29.1 Å². The molecule has 0 aliphatic heterocycles. The number of allylic oxidation sites excluding steroid dienone is 4. The van der Waals surface area contributed by atoms with Gasteiger partial charge in [0.15, 0.2) is 0 Å². The number of halogens is 2. The fourth-order valence-electron chi connectivity index (χ4n) is 12.2. The summed E-state index contributed by atoms with van der Waals surface area (Å²) in [7, 11) is 0. The van der Waals surface area contributed by atoms with Crippen LogP contribution in [-0.2, 0) is 32.1 Å². The summed E-state index contributed by atoms with van der Waals surface area (Å²) in [5.41, 5.74) is 16.0. The average molecular weight is 847 g/mol. The van der Waals surface area contributed by atoms with Crippen molar-refractivity contribution >= 4 is 3.21 Å². The third-order valence-electron chi connectivity index (χ3n) is 14.2. The maximum absolute atomic E-state index is 2.95. The molecule has 4 aromatic carbocycles. The molecule has 1 unspecified atom stereocenters. The van der Waals surface area contributed by atoms with Crippen LogP contribution in [0.2, 0.25) is 0 Å². The zero-order chi connectivity index (χ0) is 36.9. The normalized spacial score (nSPS) is 25.0. The largest absolute Gasteiger partial charge is 1.00 e. The van der Waals surface area contributed by atoms with Crippen LogP contribution in [0.1, 0.15) is 137 Å². The first-order chi connectivity index (χ1) is 25.3. The van der Waals surface area contributed by atoms with E-state index in [0.717, 1.165) is 17.8 Å². The van der Waals surface area contributed by atoms with E-state index in [9.17, 15) is 0 Å². The molecule has 55 heavy (non-hydrogen) atoms. The molecule has 0 heterocycles. The topological polar surface area (TPSA) is 0 Å². The van der Waals surface area contributed by atoms with Gasteiger partial charge < -0.3 is 24.8 Å². The molecule has 10 rings (SSSR count). The first-order valence-electron chi connectivity index (χ1n) is 20.8. The molecule has 0 aromatic heterocycles. The van der Waals surface area contributed by atoms with Crippen molar-refractivity contribution in [2.24, 2.45) is 29.1 Å². The van der Waals surface area contributed by atoms with Crippen LogP contribution < -0.4 is 24.8 Å². The molecule has 1 atom stereocenters. The van der Waals surface area contributed by atoms with E-state index in [2.05, 4.69) is 159 Å². The monoisotopic (exact) mass is 844 g/mol. The van der Waals surface area contributed by atoms with Crippen molar-refractivity contribution in [3.63, 3.8) is 0 Å². The van der Waals surface area contributed by atoms with Crippen molar-refractivity contribution in [2.75, 3.05) is 0 Å². The van der Waals surface area contributed by atoms with Crippen LogP contribution in [0.3, 0.4) is 0 Å². The molecule has 6 aliphatic carbocycles. The Balaban J connectivity index is 0.00000233. The summed E-state index contributed by atoms with van der Waals surface area (Å²) in [5, 5.41) is 0. The predicted molar refractivity (Wildman–Crippen MR) is 222 cm³/mol. The van der Waals surface area contributed by atoms with Crippen molar-refractivity contribution < 1.29 is 46.1 Å². The molecule has 0 nitrogen and oxygen atoms in total. The Morgan fingerprint density at radius 1 is 0.636 bits per heavy atom. The van der Waals surface area contributed by atoms with E-state index >= 15 is 0 Å². The predicted octanol–water partition coefficient (Wildman–Crippen LogP) is 7.70. The number of hydrogen-bond donors (Lipinski definition) is 0. The van der Waals surface area contributed by atoms with Crippen molar-refractivity contribution in [1.29, 1.82) is 0 Å². The smallest absolute Gasteiger partial charge is 1.00 e. The summed E-state index contributed by atoms with van der Waals surface area (Å²) in [6.45, 7) is 19.5. The van der Waals surface area contributed by atoms with Crippen molar-refractivity contribution in [1.82, 2.24) is 0 Å². The molecule has 0 spiro atoms. The second-order valence-electron chi connectivity index (χ2n) is 20.2. The molecule has 4 bridgehead atoms. The maximum Gasteiger partial charge on any atom is -1.00 e. The van der Waals surface area contributed by atoms with Gasteiger partial charge in [-0.05, 0) is 0 Å². The molecular weight excluding hydrogens is 787 g/mol. The molecule has 4 aromatic rings. The number of rotatable bonds is 6. The van der Waals surface area contributed by atoms with Gasteiger partial charge in [0, 0.05) is 0 Å². The first kappa shape index (κ1) is 40.9. The van der Waals surface area contributed by atoms with E-state index in [1.807, 2.05) is 3.28 Å². The molecule has 0 radical (unpaired) electrons. The van der Waals surface area contributed by atoms with E-state index < -0.39 is 21.3 Å². The van der Waals surface area contributed by atoms with Gasteiger partial charge in [-0.15, -0.1) is 0 Å². The van der Waals surface area contributed by atoms with Gasteiger partial charge in [-0.25, -0.2) is 0 Å². The Labute approximate surface area is 352 Å². The van der Waals surface area contributed by atoms with E-state index in [4.69, 9.17) is 0 Å². The summed E-state index contributed by atoms with van der Waals surface area (Å²) in [6, 6.07) is 38.4. The second-order valence-corrected chi connectivity index (χ2v) is 26.2. The van der Waals surface area contributed by atoms with Gasteiger partial charge in [0.1, 0.15) is 0 Å². The molecule has 3 heteroatoms. The quantitative estimate of drug-likeness (QED) is 0.187. The van der Waals surface area contributed by atoms with E-state index in [0.29, 0.717) is 15.0 Å². The molecule has 0 saturated heterocycles. The number of hydrogen-bond acceptors (Lipinski definition) is 0. The van der Waals surface area contributed by atoms with Crippen LogP contribution >= 0.6 is 0 Å². The van der Waals surface area contributed by atoms with Gasteiger partial charge in [0.05, 0.1) is 0 Å². The Hall–Kier alpha value is -2.31. The van der Waals surface area contributed by atoms with E-state index in [1.54, 1.807) is 25.5 Å². The fraction of sp³-hybridized carbons (Fsp3) is 0.442. The molecule has 0 N–H and O–H groups in total. The van der Waals surface area contributed by atoms with Crippen molar-refractivity contribution in [3.05, 3.63) is 151 Å². The van der Waals surface area contributed by atoms with Crippen LogP contribution in [0.15, 0.2) is 118 Å². The Bertz CT molecular complexity index is 2030. The average Bonchev–Trinajstić information content (AvgIpc) is 3.57. The molecule has 4 saturated carbocycles. The minimum atomic E-state index is -2.95. The summed E-state index contributed by atoms with van der Waals surface area (Å²) >= 11 is -2.95. The number of fused-ring (bicyclic) bond motifs is 3. The summed E-state index contributed by atoms with van der Waals surface area (Å²) in [4.78, 5) is 0. The summed E-state index contributed by atoms with van der Waals surface area (Å²) < 4.78 is 3.92. The molecular formula is C52H60Cl2Zr. The number of benzene rings is 4. The standard InChI is InChI=1S/C21H25.C18H25.C13H10.2ClH.Zr/c1-20(2,3)16-7-9-18-14(12-16)11-15-13-17(21(4,5)6)8-10-19(15)18;1-12-3-13(2)17(4-12)11-18-8-14-5-15(9-18)7-16(6-14)10-18;1-3-7-12(8-4-1)11-13-9-5-2-6-10-13;;;/h7-13H,1-6H3;4,12,14-16H,5-11H2,1-2H3;1-10H;2*1H;/q;;;;;+2/p-2. The molecule has 4 fully saturated rings. The van der Waals surface area contributed by atoms with Crippen LogP contribution in [0.25, 0.3) is 11.1 Å². The van der Waals surface area contributed by atoms with Gasteiger partial charge in [-0.3, -0.25) is 0 Å². The third kappa shape index (κ3) is 7.36. The minimum absolute atomic E-state index is 0. The van der Waals surface area contributed by atoms with Gasteiger partial charge in [0.2, 0.25) is 0 Å². The van der Waals surface area contributed by atoms with E-state index in [1.165, 1.54) is 78.3 Å². The Kier molecular flexibility index (Phi) is 11.2. The van der Waals surface area contributed by atoms with Gasteiger partial charge in [-0.1, -0.05) is 0 Å². The first-order valence-corrected chi connectivity index (χ1v) is 24.7. The third-order valence-corrected chi connectivity index (χ3v) is 23.4. The van der Waals surface area contributed by atoms with Crippen LogP contribution in [0.5, 0.6) is 0 Å². The fourth-order valence-corrected chi connectivity index (χ4v) is 22.2. The van der Waals surface area contributed by atoms with Crippen LogP contribution in [0.4, 0.5) is 0 Å². The van der Waals surface area contributed by atoms with Crippen molar-refractivity contribution in [2.45, 2.75) is 115 Å². The van der Waals surface area contributed by atoms with Gasteiger partial charge >= 0.3 is 330 Å². The van der Waals surface area contributed by atoms with Gasteiger partial charge in [0.25, 0.3) is 0 Å². The molecule has 6 aliphatic rings. The molecule has 0 amide bonds. The maximum atomic E-state index is 2.78. The second kappa shape index (κ2) is 15.1. The summed E-state index contributed by atoms with van der Waals surface area (Å²) in [5.74, 6) is 3.45.